The molecule has 2 aromatic rings. The zero-order valence-electron chi connectivity index (χ0n) is 9.06. The molecule has 0 fully saturated rings. The third-order valence-electron chi connectivity index (χ3n) is 2.23. The Morgan fingerprint density at radius 2 is 1.88 bits per heavy atom. The summed E-state index contributed by atoms with van der Waals surface area (Å²) in [5, 5.41) is 4.50. The Labute approximate surface area is 110 Å². The minimum absolute atomic E-state index is 0. The summed E-state index contributed by atoms with van der Waals surface area (Å²) in [7, 11) is 0. The van der Waals surface area contributed by atoms with E-state index in [2.05, 4.69) is 46.2 Å². The van der Waals surface area contributed by atoms with Crippen LogP contribution in [0.4, 0.5) is 0 Å². The SMILES string of the molecule is CCCn1ccc(-c2ccc(Br)cc2)n1.Cl. The lowest BCUT2D eigenvalue weighted by Gasteiger charge is -1.98. The van der Waals surface area contributed by atoms with Crippen molar-refractivity contribution in [2.45, 2.75) is 19.9 Å². The van der Waals surface area contributed by atoms with Crippen LogP contribution in [-0.2, 0) is 6.54 Å². The van der Waals surface area contributed by atoms with Gasteiger partial charge in [-0.15, -0.1) is 12.4 Å². The number of aromatic nitrogens is 2. The molecule has 1 aromatic heterocycles. The Kier molecular flexibility index (Phi) is 5.03. The van der Waals surface area contributed by atoms with E-state index in [-0.39, 0.29) is 12.4 Å². The van der Waals surface area contributed by atoms with E-state index < -0.39 is 0 Å². The molecule has 1 heterocycles. The lowest BCUT2D eigenvalue weighted by Crippen LogP contribution is -1.96. The minimum Gasteiger partial charge on any atom is -0.272 e. The smallest absolute Gasteiger partial charge is 0.0923 e. The van der Waals surface area contributed by atoms with Crippen molar-refractivity contribution in [3.63, 3.8) is 0 Å². The summed E-state index contributed by atoms with van der Waals surface area (Å²) in [6, 6.07) is 10.3. The maximum Gasteiger partial charge on any atom is 0.0923 e. The Hall–Kier alpha value is -0.800. The van der Waals surface area contributed by atoms with Gasteiger partial charge in [0.15, 0.2) is 0 Å². The first kappa shape index (κ1) is 13.3. The van der Waals surface area contributed by atoms with Gasteiger partial charge in [-0.3, -0.25) is 4.68 Å². The number of hydrogen-bond acceptors (Lipinski definition) is 1. The number of aryl methyl sites for hydroxylation is 1. The van der Waals surface area contributed by atoms with Gasteiger partial charge in [-0.1, -0.05) is 35.0 Å². The van der Waals surface area contributed by atoms with Crippen LogP contribution in [0.25, 0.3) is 11.3 Å². The van der Waals surface area contributed by atoms with Crippen LogP contribution in [0.5, 0.6) is 0 Å². The maximum atomic E-state index is 4.50. The zero-order chi connectivity index (χ0) is 10.7. The molecule has 4 heteroatoms. The normalized spacial score (nSPS) is 9.88. The van der Waals surface area contributed by atoms with Gasteiger partial charge in [-0.05, 0) is 24.6 Å². The second kappa shape index (κ2) is 6.06. The second-order valence-corrected chi connectivity index (χ2v) is 4.39. The van der Waals surface area contributed by atoms with E-state index in [1.807, 2.05) is 23.0 Å². The minimum atomic E-state index is 0. The molecule has 0 aliphatic heterocycles. The summed E-state index contributed by atoms with van der Waals surface area (Å²) in [4.78, 5) is 0. The first-order valence-corrected chi connectivity index (χ1v) is 5.88. The van der Waals surface area contributed by atoms with Crippen LogP contribution < -0.4 is 0 Å². The van der Waals surface area contributed by atoms with Crippen LogP contribution in [0.2, 0.25) is 0 Å². The first-order chi connectivity index (χ1) is 7.29. The average molecular weight is 302 g/mol. The summed E-state index contributed by atoms with van der Waals surface area (Å²) in [5.74, 6) is 0. The van der Waals surface area contributed by atoms with Gasteiger partial charge in [-0.2, -0.15) is 5.10 Å². The van der Waals surface area contributed by atoms with Crippen LogP contribution in [0.15, 0.2) is 41.0 Å². The Morgan fingerprint density at radius 3 is 2.50 bits per heavy atom. The van der Waals surface area contributed by atoms with Crippen molar-refractivity contribution in [3.05, 3.63) is 41.0 Å². The Balaban J connectivity index is 0.00000128. The zero-order valence-corrected chi connectivity index (χ0v) is 11.5. The van der Waals surface area contributed by atoms with Crippen LogP contribution >= 0.6 is 28.3 Å². The predicted octanol–water partition coefficient (Wildman–Crippen LogP) is 4.14. The van der Waals surface area contributed by atoms with Gasteiger partial charge in [0, 0.05) is 22.8 Å². The van der Waals surface area contributed by atoms with E-state index in [1.54, 1.807) is 0 Å². The summed E-state index contributed by atoms with van der Waals surface area (Å²) in [6.07, 6.45) is 3.14. The molecule has 0 aliphatic carbocycles. The highest BCUT2D eigenvalue weighted by molar-refractivity contribution is 9.10. The number of halogens is 2. The third-order valence-corrected chi connectivity index (χ3v) is 2.76. The molecule has 2 nitrogen and oxygen atoms in total. The van der Waals surface area contributed by atoms with Gasteiger partial charge < -0.3 is 0 Å². The van der Waals surface area contributed by atoms with E-state index in [0.717, 1.165) is 28.7 Å². The lowest BCUT2D eigenvalue weighted by atomic mass is 10.2. The topological polar surface area (TPSA) is 17.8 Å². The molecule has 0 saturated heterocycles. The third kappa shape index (κ3) is 3.09. The monoisotopic (exact) mass is 300 g/mol. The van der Waals surface area contributed by atoms with E-state index in [0.29, 0.717) is 0 Å². The molecule has 0 atom stereocenters. The molecule has 2 rings (SSSR count). The van der Waals surface area contributed by atoms with E-state index >= 15 is 0 Å². The van der Waals surface area contributed by atoms with E-state index in [9.17, 15) is 0 Å². The number of hydrogen-bond donors (Lipinski definition) is 0. The van der Waals surface area contributed by atoms with Crippen LogP contribution in [-0.4, -0.2) is 9.78 Å². The molecule has 0 unspecified atom stereocenters. The first-order valence-electron chi connectivity index (χ1n) is 5.09. The molecule has 86 valence electrons. The van der Waals surface area contributed by atoms with Crippen molar-refractivity contribution >= 4 is 28.3 Å². The van der Waals surface area contributed by atoms with Crippen molar-refractivity contribution in [3.8, 4) is 11.3 Å². The fraction of sp³-hybridized carbons (Fsp3) is 0.250. The highest BCUT2D eigenvalue weighted by Gasteiger charge is 2.01. The Morgan fingerprint density at radius 1 is 1.19 bits per heavy atom. The fourth-order valence-corrected chi connectivity index (χ4v) is 1.75. The second-order valence-electron chi connectivity index (χ2n) is 3.47. The number of nitrogens with zero attached hydrogens (tertiary/aromatic N) is 2. The summed E-state index contributed by atoms with van der Waals surface area (Å²) in [6.45, 7) is 3.14. The molecule has 0 aliphatic rings. The molecule has 0 bridgehead atoms. The molecule has 1 aromatic carbocycles. The molecular weight excluding hydrogens is 288 g/mol. The molecule has 16 heavy (non-hydrogen) atoms. The standard InChI is InChI=1S/C12H13BrN2.ClH/c1-2-8-15-9-7-12(14-15)10-3-5-11(13)6-4-10;/h3-7,9H,2,8H2,1H3;1H. The van der Waals surface area contributed by atoms with E-state index in [1.165, 1.54) is 0 Å². The van der Waals surface area contributed by atoms with Crippen LogP contribution in [0.1, 0.15) is 13.3 Å². The largest absolute Gasteiger partial charge is 0.272 e. The lowest BCUT2D eigenvalue weighted by molar-refractivity contribution is 0.604. The highest BCUT2D eigenvalue weighted by Crippen LogP contribution is 2.19. The van der Waals surface area contributed by atoms with Gasteiger partial charge in [0.25, 0.3) is 0 Å². The maximum absolute atomic E-state index is 4.50. The highest BCUT2D eigenvalue weighted by atomic mass is 79.9. The number of benzene rings is 1. The fourth-order valence-electron chi connectivity index (χ4n) is 1.49. The van der Waals surface area contributed by atoms with Gasteiger partial charge in [-0.25, -0.2) is 0 Å². The van der Waals surface area contributed by atoms with Gasteiger partial charge >= 0.3 is 0 Å². The van der Waals surface area contributed by atoms with Crippen molar-refractivity contribution in [2.75, 3.05) is 0 Å². The van der Waals surface area contributed by atoms with Gasteiger partial charge in [0.1, 0.15) is 0 Å². The molecule has 0 N–H and O–H groups in total. The summed E-state index contributed by atoms with van der Waals surface area (Å²) in [5.41, 5.74) is 2.20. The predicted molar refractivity (Wildman–Crippen MR) is 72.9 cm³/mol. The summed E-state index contributed by atoms with van der Waals surface area (Å²) >= 11 is 3.42. The van der Waals surface area contributed by atoms with Crippen LogP contribution in [0.3, 0.4) is 0 Å². The average Bonchev–Trinajstić information content (AvgIpc) is 2.68. The molecule has 0 amide bonds. The molecular formula is C12H14BrClN2. The molecule has 0 saturated carbocycles. The number of rotatable bonds is 3. The van der Waals surface area contributed by atoms with Gasteiger partial charge in [0.2, 0.25) is 0 Å². The quantitative estimate of drug-likeness (QED) is 0.833. The molecule has 0 radical (unpaired) electrons. The van der Waals surface area contributed by atoms with E-state index in [4.69, 9.17) is 0 Å². The van der Waals surface area contributed by atoms with Crippen molar-refractivity contribution in [1.29, 1.82) is 0 Å². The van der Waals surface area contributed by atoms with Crippen molar-refractivity contribution in [1.82, 2.24) is 9.78 Å². The van der Waals surface area contributed by atoms with Crippen molar-refractivity contribution in [2.24, 2.45) is 0 Å². The molecule has 0 spiro atoms. The van der Waals surface area contributed by atoms with Crippen molar-refractivity contribution < 1.29 is 0 Å². The summed E-state index contributed by atoms with van der Waals surface area (Å²) < 4.78 is 3.08. The van der Waals surface area contributed by atoms with Crippen LogP contribution in [0, 0.1) is 0 Å². The van der Waals surface area contributed by atoms with Gasteiger partial charge in [0.05, 0.1) is 5.69 Å². The Bertz CT molecular complexity index is 437.